The summed E-state index contributed by atoms with van der Waals surface area (Å²) >= 11 is 5.87. The molecule has 1 aliphatic heterocycles. The highest BCUT2D eigenvalue weighted by Gasteiger charge is 2.67. The lowest BCUT2D eigenvalue weighted by molar-refractivity contribution is -0.227. The summed E-state index contributed by atoms with van der Waals surface area (Å²) in [6.45, 7) is 0. The van der Waals surface area contributed by atoms with Crippen LogP contribution in [0.2, 0.25) is 5.02 Å². The summed E-state index contributed by atoms with van der Waals surface area (Å²) in [6, 6.07) is 4.83. The van der Waals surface area contributed by atoms with Crippen LogP contribution < -0.4 is 5.32 Å². The first-order valence-corrected chi connectivity index (χ1v) is 9.36. The maximum absolute atomic E-state index is 14.5. The lowest BCUT2D eigenvalue weighted by Gasteiger charge is -2.45. The van der Waals surface area contributed by atoms with E-state index in [9.17, 15) is 41.0 Å². The number of carbonyl (C=O) groups excluding carboxylic acids is 1. The predicted molar refractivity (Wildman–Crippen MR) is 100 cm³/mol. The van der Waals surface area contributed by atoms with Crippen LogP contribution in [0, 0.1) is 5.41 Å². The van der Waals surface area contributed by atoms with E-state index < -0.39 is 70.8 Å². The monoisotopic (exact) mass is 481 g/mol. The Morgan fingerprint density at radius 3 is 2.28 bits per heavy atom. The van der Waals surface area contributed by atoms with Crippen molar-refractivity contribution in [3.8, 4) is 5.75 Å². The SMILES string of the molecule is O=C(O)CCC1(C(F)(F)F)C(=O)Nc2ccc(C(F)(F)F)cc2C1c1cc(Cl)ccc1O. The number of carbonyl (C=O) groups is 2. The first-order chi connectivity index (χ1) is 14.7. The number of amides is 1. The van der Waals surface area contributed by atoms with Gasteiger partial charge in [-0.05, 0) is 48.4 Å². The lowest BCUT2D eigenvalue weighted by Crippen LogP contribution is -2.55. The highest BCUT2D eigenvalue weighted by Crippen LogP contribution is 2.60. The molecule has 0 spiro atoms. The Labute approximate surface area is 181 Å². The summed E-state index contributed by atoms with van der Waals surface area (Å²) in [6.07, 6.45) is -12.7. The molecule has 1 heterocycles. The summed E-state index contributed by atoms with van der Waals surface area (Å²) in [7, 11) is 0. The number of nitrogens with one attached hydrogen (secondary N) is 1. The molecule has 0 aromatic heterocycles. The Morgan fingerprint density at radius 2 is 1.72 bits per heavy atom. The molecule has 12 heteroatoms. The third-order valence-electron chi connectivity index (χ3n) is 5.38. The zero-order valence-electron chi connectivity index (χ0n) is 15.8. The van der Waals surface area contributed by atoms with Gasteiger partial charge < -0.3 is 15.5 Å². The molecule has 1 aliphatic rings. The van der Waals surface area contributed by atoms with Gasteiger partial charge in [0.2, 0.25) is 5.91 Å². The van der Waals surface area contributed by atoms with Crippen molar-refractivity contribution in [2.75, 3.05) is 5.32 Å². The van der Waals surface area contributed by atoms with Gasteiger partial charge in [-0.2, -0.15) is 26.3 Å². The fourth-order valence-electron chi connectivity index (χ4n) is 3.91. The fourth-order valence-corrected chi connectivity index (χ4v) is 4.09. The van der Waals surface area contributed by atoms with Crippen molar-refractivity contribution in [2.24, 2.45) is 5.41 Å². The van der Waals surface area contributed by atoms with E-state index in [0.29, 0.717) is 12.1 Å². The van der Waals surface area contributed by atoms with Gasteiger partial charge in [0.15, 0.2) is 5.41 Å². The molecular weight excluding hydrogens is 468 g/mol. The molecule has 172 valence electrons. The van der Waals surface area contributed by atoms with Crippen LogP contribution in [0.15, 0.2) is 36.4 Å². The maximum Gasteiger partial charge on any atom is 0.416 e. The number of benzene rings is 2. The quantitative estimate of drug-likeness (QED) is 0.499. The molecule has 0 saturated carbocycles. The van der Waals surface area contributed by atoms with Crippen molar-refractivity contribution in [3.05, 3.63) is 58.1 Å². The second kappa shape index (κ2) is 7.88. The third kappa shape index (κ3) is 3.96. The normalized spacial score (nSPS) is 21.1. The first kappa shape index (κ1) is 23.7. The van der Waals surface area contributed by atoms with E-state index in [4.69, 9.17) is 16.7 Å². The first-order valence-electron chi connectivity index (χ1n) is 8.98. The number of rotatable bonds is 4. The Bertz CT molecular complexity index is 1080. The number of halogens is 7. The molecule has 1 amide bonds. The zero-order chi connectivity index (χ0) is 24.1. The van der Waals surface area contributed by atoms with E-state index in [1.54, 1.807) is 0 Å². The third-order valence-corrected chi connectivity index (χ3v) is 5.61. The van der Waals surface area contributed by atoms with Gasteiger partial charge in [-0.1, -0.05) is 11.6 Å². The fraction of sp³-hybridized carbons (Fsp3) is 0.300. The zero-order valence-corrected chi connectivity index (χ0v) is 16.6. The van der Waals surface area contributed by atoms with Crippen molar-refractivity contribution >= 4 is 29.2 Å². The number of phenols is 1. The molecule has 2 aromatic carbocycles. The molecule has 32 heavy (non-hydrogen) atoms. The topological polar surface area (TPSA) is 86.6 Å². The average Bonchev–Trinajstić information content (AvgIpc) is 2.65. The average molecular weight is 482 g/mol. The number of hydrogen-bond donors (Lipinski definition) is 3. The smallest absolute Gasteiger partial charge is 0.416 e. The molecule has 0 aliphatic carbocycles. The Hall–Kier alpha value is -2.95. The molecule has 0 bridgehead atoms. The van der Waals surface area contributed by atoms with E-state index in [0.717, 1.165) is 24.3 Å². The maximum atomic E-state index is 14.5. The second-order valence-corrected chi connectivity index (χ2v) is 7.69. The van der Waals surface area contributed by atoms with Gasteiger partial charge in [-0.25, -0.2) is 0 Å². The van der Waals surface area contributed by atoms with Crippen LogP contribution in [-0.2, 0) is 15.8 Å². The van der Waals surface area contributed by atoms with Gasteiger partial charge in [0.25, 0.3) is 0 Å². The minimum absolute atomic E-state index is 0.147. The number of carboxylic acid groups (broad SMARTS) is 1. The van der Waals surface area contributed by atoms with Gasteiger partial charge in [-0.3, -0.25) is 9.59 Å². The number of anilines is 1. The molecule has 5 nitrogen and oxygen atoms in total. The minimum Gasteiger partial charge on any atom is -0.508 e. The molecule has 0 fully saturated rings. The van der Waals surface area contributed by atoms with Gasteiger partial charge in [-0.15, -0.1) is 0 Å². The van der Waals surface area contributed by atoms with Crippen molar-refractivity contribution in [2.45, 2.75) is 31.1 Å². The Kier molecular flexibility index (Phi) is 5.83. The van der Waals surface area contributed by atoms with Crippen molar-refractivity contribution in [3.63, 3.8) is 0 Å². The summed E-state index contributed by atoms with van der Waals surface area (Å²) in [5.41, 5.74) is -6.25. The van der Waals surface area contributed by atoms with Crippen LogP contribution in [0.1, 0.15) is 35.4 Å². The van der Waals surface area contributed by atoms with Gasteiger partial charge >= 0.3 is 18.3 Å². The van der Waals surface area contributed by atoms with Crippen molar-refractivity contribution < 1.29 is 46.1 Å². The van der Waals surface area contributed by atoms with Crippen LogP contribution in [0.3, 0.4) is 0 Å². The van der Waals surface area contributed by atoms with E-state index in [1.165, 1.54) is 0 Å². The van der Waals surface area contributed by atoms with E-state index in [-0.39, 0.29) is 10.7 Å². The highest BCUT2D eigenvalue weighted by atomic mass is 35.5. The standard InChI is InChI=1S/C20H14ClF6NO4/c21-10-2-4-14(29)12(8-10)16-11-7-9(19(22,23)24)1-3-13(11)28-17(32)18(16,20(25,26)27)6-5-15(30)31/h1-4,7-8,16,29H,5-6H2,(H,28,32)(H,30,31). The Morgan fingerprint density at radius 1 is 1.06 bits per heavy atom. The molecule has 2 unspecified atom stereocenters. The molecule has 0 saturated heterocycles. The molecule has 2 aromatic rings. The van der Waals surface area contributed by atoms with Crippen molar-refractivity contribution in [1.29, 1.82) is 0 Å². The number of carboxylic acids is 1. The molecule has 3 N–H and O–H groups in total. The molecule has 2 atom stereocenters. The highest BCUT2D eigenvalue weighted by molar-refractivity contribution is 6.30. The lowest BCUT2D eigenvalue weighted by atomic mass is 9.62. The van der Waals surface area contributed by atoms with Gasteiger partial charge in [0.05, 0.1) is 5.56 Å². The summed E-state index contributed by atoms with van der Waals surface area (Å²) in [4.78, 5) is 23.9. The number of phenolic OH excluding ortho intramolecular Hbond substituents is 1. The van der Waals surface area contributed by atoms with E-state index in [1.807, 2.05) is 5.32 Å². The number of fused-ring (bicyclic) bond motifs is 1. The molecular formula is C20H14ClF6NO4. The van der Waals surface area contributed by atoms with Crippen LogP contribution in [0.5, 0.6) is 5.75 Å². The van der Waals surface area contributed by atoms with Crippen LogP contribution in [-0.4, -0.2) is 28.3 Å². The number of aromatic hydroxyl groups is 1. The summed E-state index contributed by atoms with van der Waals surface area (Å²) in [5, 5.41) is 21.1. The van der Waals surface area contributed by atoms with Gasteiger partial charge in [0.1, 0.15) is 5.75 Å². The van der Waals surface area contributed by atoms with E-state index in [2.05, 4.69) is 0 Å². The molecule has 0 radical (unpaired) electrons. The van der Waals surface area contributed by atoms with Gasteiger partial charge in [0, 0.05) is 28.6 Å². The van der Waals surface area contributed by atoms with Crippen molar-refractivity contribution in [1.82, 2.24) is 0 Å². The number of aliphatic carboxylic acids is 1. The number of hydrogen-bond acceptors (Lipinski definition) is 3. The number of alkyl halides is 6. The molecule has 3 rings (SSSR count). The largest absolute Gasteiger partial charge is 0.508 e. The Balaban J connectivity index is 2.42. The van der Waals surface area contributed by atoms with Crippen LogP contribution in [0.25, 0.3) is 0 Å². The van der Waals surface area contributed by atoms with E-state index >= 15 is 0 Å². The van der Waals surface area contributed by atoms with Crippen LogP contribution in [0.4, 0.5) is 32.0 Å². The minimum atomic E-state index is -5.40. The van der Waals surface area contributed by atoms with Crippen LogP contribution >= 0.6 is 11.6 Å². The summed E-state index contributed by atoms with van der Waals surface area (Å²) < 4.78 is 83.5. The predicted octanol–water partition coefficient (Wildman–Crippen LogP) is 5.56. The summed E-state index contributed by atoms with van der Waals surface area (Å²) in [5.74, 6) is -6.25. The second-order valence-electron chi connectivity index (χ2n) is 7.25.